The average molecular weight is 320 g/mol. The Morgan fingerprint density at radius 1 is 1.48 bits per heavy atom. The fraction of sp³-hybridized carbons (Fsp3) is 0.611. The van der Waals surface area contributed by atoms with E-state index < -0.39 is 5.60 Å². The highest BCUT2D eigenvalue weighted by atomic mass is 19.1. The molecule has 2 aliphatic rings. The Labute approximate surface area is 136 Å². The number of rotatable bonds is 4. The molecular formula is C18H25FN2O2. The second-order valence-corrected chi connectivity index (χ2v) is 7.27. The maximum absolute atomic E-state index is 13.5. The van der Waals surface area contributed by atoms with Crippen molar-refractivity contribution in [3.63, 3.8) is 0 Å². The van der Waals surface area contributed by atoms with Crippen molar-refractivity contribution in [1.82, 2.24) is 10.6 Å². The predicted octanol–water partition coefficient (Wildman–Crippen LogP) is 2.93. The lowest BCUT2D eigenvalue weighted by atomic mass is 9.89. The van der Waals surface area contributed by atoms with Gasteiger partial charge in [0.05, 0.1) is 6.04 Å². The molecule has 5 heteroatoms. The minimum Gasteiger partial charge on any atom is -0.487 e. The van der Waals surface area contributed by atoms with Crippen molar-refractivity contribution in [3.8, 4) is 5.75 Å². The van der Waals surface area contributed by atoms with Crippen LogP contribution < -0.4 is 15.4 Å². The Bertz CT molecular complexity index is 582. The molecule has 1 aromatic carbocycles. The molecule has 23 heavy (non-hydrogen) atoms. The third-order valence-corrected chi connectivity index (χ3v) is 4.71. The summed E-state index contributed by atoms with van der Waals surface area (Å²) >= 11 is 0. The van der Waals surface area contributed by atoms with Crippen molar-refractivity contribution < 1.29 is 13.9 Å². The van der Waals surface area contributed by atoms with Gasteiger partial charge in [0.1, 0.15) is 17.2 Å². The number of benzene rings is 1. The van der Waals surface area contributed by atoms with E-state index in [2.05, 4.69) is 10.6 Å². The van der Waals surface area contributed by atoms with Gasteiger partial charge >= 0.3 is 0 Å². The van der Waals surface area contributed by atoms with E-state index in [1.807, 2.05) is 13.8 Å². The fourth-order valence-corrected chi connectivity index (χ4v) is 3.52. The molecule has 1 aromatic rings. The van der Waals surface area contributed by atoms with E-state index in [-0.39, 0.29) is 17.8 Å². The van der Waals surface area contributed by atoms with Crippen LogP contribution in [0.3, 0.4) is 0 Å². The SMILES string of the molecule is CC1(C)CC(NC(=O)CCC2CCNC2)c2ccc(F)cc2O1. The van der Waals surface area contributed by atoms with E-state index in [1.165, 1.54) is 12.1 Å². The van der Waals surface area contributed by atoms with Crippen LogP contribution in [0.1, 0.15) is 51.1 Å². The molecule has 4 nitrogen and oxygen atoms in total. The zero-order chi connectivity index (χ0) is 16.4. The van der Waals surface area contributed by atoms with Gasteiger partial charge in [0.25, 0.3) is 0 Å². The smallest absolute Gasteiger partial charge is 0.220 e. The maximum atomic E-state index is 13.5. The molecular weight excluding hydrogens is 295 g/mol. The molecule has 2 heterocycles. The van der Waals surface area contributed by atoms with Crippen LogP contribution in [0.25, 0.3) is 0 Å². The third-order valence-electron chi connectivity index (χ3n) is 4.71. The van der Waals surface area contributed by atoms with Gasteiger partial charge in [-0.05, 0) is 51.8 Å². The number of amides is 1. The molecule has 1 amide bonds. The number of carbonyl (C=O) groups is 1. The highest BCUT2D eigenvalue weighted by Gasteiger charge is 2.34. The van der Waals surface area contributed by atoms with Crippen LogP contribution in [0.15, 0.2) is 18.2 Å². The third kappa shape index (κ3) is 4.02. The summed E-state index contributed by atoms with van der Waals surface area (Å²) in [7, 11) is 0. The minimum atomic E-state index is -0.423. The van der Waals surface area contributed by atoms with Gasteiger partial charge in [-0.15, -0.1) is 0 Å². The second kappa shape index (κ2) is 6.48. The maximum Gasteiger partial charge on any atom is 0.220 e. The number of halogens is 1. The van der Waals surface area contributed by atoms with E-state index in [4.69, 9.17) is 4.74 Å². The molecule has 2 atom stereocenters. The lowest BCUT2D eigenvalue weighted by Crippen LogP contribution is -2.41. The first-order valence-corrected chi connectivity index (χ1v) is 8.41. The van der Waals surface area contributed by atoms with E-state index in [1.54, 1.807) is 6.07 Å². The molecule has 2 aliphatic heterocycles. The van der Waals surface area contributed by atoms with Gasteiger partial charge in [0.2, 0.25) is 5.91 Å². The highest BCUT2D eigenvalue weighted by molar-refractivity contribution is 5.76. The second-order valence-electron chi connectivity index (χ2n) is 7.27. The van der Waals surface area contributed by atoms with Gasteiger partial charge in [0, 0.05) is 24.5 Å². The van der Waals surface area contributed by atoms with Crippen molar-refractivity contribution in [2.24, 2.45) is 5.92 Å². The van der Waals surface area contributed by atoms with Crippen LogP contribution in [-0.4, -0.2) is 24.6 Å². The molecule has 1 saturated heterocycles. The molecule has 0 bridgehead atoms. The van der Waals surface area contributed by atoms with Gasteiger partial charge in [-0.1, -0.05) is 6.07 Å². The summed E-state index contributed by atoms with van der Waals surface area (Å²) in [6.07, 6.45) is 3.30. The zero-order valence-electron chi connectivity index (χ0n) is 13.8. The van der Waals surface area contributed by atoms with Crippen LogP contribution in [0.4, 0.5) is 4.39 Å². The van der Waals surface area contributed by atoms with E-state index in [9.17, 15) is 9.18 Å². The zero-order valence-corrected chi connectivity index (χ0v) is 13.8. The molecule has 0 radical (unpaired) electrons. The number of hydrogen-bond acceptors (Lipinski definition) is 3. The van der Waals surface area contributed by atoms with Crippen molar-refractivity contribution in [1.29, 1.82) is 0 Å². The van der Waals surface area contributed by atoms with E-state index in [0.29, 0.717) is 24.5 Å². The number of ether oxygens (including phenoxy) is 1. The standard InChI is InChI=1S/C18H25FN2O2/c1-18(2)10-15(14-5-4-13(19)9-16(14)23-18)21-17(22)6-3-12-7-8-20-11-12/h4-5,9,12,15,20H,3,6-8,10-11H2,1-2H3,(H,21,22). The summed E-state index contributed by atoms with van der Waals surface area (Å²) in [6, 6.07) is 4.42. The van der Waals surface area contributed by atoms with Crippen LogP contribution in [0, 0.1) is 11.7 Å². The monoisotopic (exact) mass is 320 g/mol. The van der Waals surface area contributed by atoms with E-state index in [0.717, 1.165) is 31.5 Å². The lowest BCUT2D eigenvalue weighted by Gasteiger charge is -2.38. The summed E-state index contributed by atoms with van der Waals surface area (Å²) in [4.78, 5) is 12.3. The average Bonchev–Trinajstić information content (AvgIpc) is 2.96. The Morgan fingerprint density at radius 2 is 2.30 bits per heavy atom. The summed E-state index contributed by atoms with van der Waals surface area (Å²) < 4.78 is 19.3. The predicted molar refractivity (Wildman–Crippen MR) is 86.8 cm³/mol. The normalized spacial score (nSPS) is 25.5. The van der Waals surface area contributed by atoms with Crippen LogP contribution in [0.5, 0.6) is 5.75 Å². The number of fused-ring (bicyclic) bond motifs is 1. The molecule has 2 N–H and O–H groups in total. The Hall–Kier alpha value is -1.62. The number of hydrogen-bond donors (Lipinski definition) is 2. The van der Waals surface area contributed by atoms with Gasteiger partial charge in [-0.25, -0.2) is 4.39 Å². The fourth-order valence-electron chi connectivity index (χ4n) is 3.52. The summed E-state index contributed by atoms with van der Waals surface area (Å²) in [5.41, 5.74) is 0.440. The molecule has 3 rings (SSSR count). The largest absolute Gasteiger partial charge is 0.487 e. The van der Waals surface area contributed by atoms with Gasteiger partial charge in [-0.2, -0.15) is 0 Å². The summed E-state index contributed by atoms with van der Waals surface area (Å²) in [6.45, 7) is 5.99. The molecule has 0 saturated carbocycles. The first-order valence-electron chi connectivity index (χ1n) is 8.41. The molecule has 0 aliphatic carbocycles. The van der Waals surface area contributed by atoms with Crippen LogP contribution in [0.2, 0.25) is 0 Å². The van der Waals surface area contributed by atoms with Crippen molar-refractivity contribution in [3.05, 3.63) is 29.6 Å². The van der Waals surface area contributed by atoms with Crippen molar-refractivity contribution >= 4 is 5.91 Å². The van der Waals surface area contributed by atoms with Gasteiger partial charge < -0.3 is 15.4 Å². The summed E-state index contributed by atoms with van der Waals surface area (Å²) in [5.74, 6) is 0.884. The van der Waals surface area contributed by atoms with Crippen LogP contribution >= 0.6 is 0 Å². The summed E-state index contributed by atoms with van der Waals surface area (Å²) in [5, 5.41) is 6.44. The van der Waals surface area contributed by atoms with Gasteiger partial charge in [-0.3, -0.25) is 4.79 Å². The van der Waals surface area contributed by atoms with E-state index >= 15 is 0 Å². The number of carbonyl (C=O) groups excluding carboxylic acids is 1. The van der Waals surface area contributed by atoms with Crippen LogP contribution in [-0.2, 0) is 4.79 Å². The topological polar surface area (TPSA) is 50.4 Å². The molecule has 126 valence electrons. The lowest BCUT2D eigenvalue weighted by molar-refractivity contribution is -0.122. The Balaban J connectivity index is 1.65. The molecule has 1 fully saturated rings. The molecule has 0 aromatic heterocycles. The first kappa shape index (κ1) is 16.2. The minimum absolute atomic E-state index is 0.0647. The van der Waals surface area contributed by atoms with Crippen molar-refractivity contribution in [2.45, 2.75) is 51.2 Å². The highest BCUT2D eigenvalue weighted by Crippen LogP contribution is 2.39. The quantitative estimate of drug-likeness (QED) is 0.897. The Kier molecular flexibility index (Phi) is 4.57. The molecule has 0 spiro atoms. The first-order chi connectivity index (χ1) is 10.9. The molecule has 2 unspecified atom stereocenters. The Morgan fingerprint density at radius 3 is 3.04 bits per heavy atom. The van der Waals surface area contributed by atoms with Crippen molar-refractivity contribution in [2.75, 3.05) is 13.1 Å². The van der Waals surface area contributed by atoms with Gasteiger partial charge in [0.15, 0.2) is 0 Å². The number of nitrogens with one attached hydrogen (secondary N) is 2.